The van der Waals surface area contributed by atoms with Gasteiger partial charge >= 0.3 is 0 Å². The van der Waals surface area contributed by atoms with Gasteiger partial charge in [-0.25, -0.2) is 0 Å². The van der Waals surface area contributed by atoms with Crippen LogP contribution in [0.4, 0.5) is 0 Å². The van der Waals surface area contributed by atoms with Crippen molar-refractivity contribution in [3.8, 4) is 0 Å². The molecule has 0 fully saturated rings. The zero-order chi connectivity index (χ0) is 14.8. The second kappa shape index (κ2) is 9.94. The van der Waals surface area contributed by atoms with Gasteiger partial charge in [-0.1, -0.05) is 45.4 Å². The molecule has 1 atom stereocenters. The Balaban J connectivity index is 2.31. The summed E-state index contributed by atoms with van der Waals surface area (Å²) in [5.41, 5.74) is 5.36. The Kier molecular flexibility index (Phi) is 8.54. The highest BCUT2D eigenvalue weighted by Crippen LogP contribution is 2.13. The first-order valence-corrected chi connectivity index (χ1v) is 8.20. The second-order valence-corrected chi connectivity index (χ2v) is 5.72. The first kappa shape index (κ1) is 17.2. The number of nitrogens with two attached hydrogens (primary N) is 1. The van der Waals surface area contributed by atoms with Crippen LogP contribution < -0.4 is 11.3 Å². The first-order valence-electron chi connectivity index (χ1n) is 8.20. The molecule has 0 bridgehead atoms. The molecule has 0 saturated heterocycles. The fourth-order valence-corrected chi connectivity index (χ4v) is 2.71. The van der Waals surface area contributed by atoms with Crippen LogP contribution in [0.1, 0.15) is 70.2 Å². The lowest BCUT2D eigenvalue weighted by Gasteiger charge is -2.16. The highest BCUT2D eigenvalue weighted by atomic mass is 15.3. The molecule has 20 heavy (non-hydrogen) atoms. The molecule has 1 aromatic heterocycles. The van der Waals surface area contributed by atoms with Gasteiger partial charge in [0.25, 0.3) is 0 Å². The number of rotatable bonds is 11. The Labute approximate surface area is 124 Å². The smallest absolute Gasteiger partial charge is 0.0596 e. The van der Waals surface area contributed by atoms with Crippen LogP contribution in [0.2, 0.25) is 0 Å². The van der Waals surface area contributed by atoms with Crippen molar-refractivity contribution in [1.29, 1.82) is 0 Å². The molecule has 4 heteroatoms. The largest absolute Gasteiger partial charge is 0.271 e. The van der Waals surface area contributed by atoms with E-state index in [1.807, 2.05) is 6.92 Å². The summed E-state index contributed by atoms with van der Waals surface area (Å²) in [5.74, 6) is 5.70. The molecule has 0 saturated carbocycles. The number of hydrogen-bond acceptors (Lipinski definition) is 3. The van der Waals surface area contributed by atoms with Crippen LogP contribution in [0.25, 0.3) is 0 Å². The quantitative estimate of drug-likeness (QED) is 0.371. The minimum absolute atomic E-state index is 0.363. The topological polar surface area (TPSA) is 55.9 Å². The van der Waals surface area contributed by atoms with E-state index in [0.717, 1.165) is 25.1 Å². The molecule has 4 nitrogen and oxygen atoms in total. The van der Waals surface area contributed by atoms with E-state index < -0.39 is 0 Å². The second-order valence-electron chi connectivity index (χ2n) is 5.72. The highest BCUT2D eigenvalue weighted by Gasteiger charge is 2.11. The third-order valence-corrected chi connectivity index (χ3v) is 3.88. The lowest BCUT2D eigenvalue weighted by atomic mass is 10.0. The molecular weight excluding hydrogens is 248 g/mol. The van der Waals surface area contributed by atoms with Crippen molar-refractivity contribution in [1.82, 2.24) is 15.2 Å². The van der Waals surface area contributed by atoms with E-state index in [1.165, 1.54) is 44.2 Å². The molecule has 0 aliphatic rings. The standard InChI is InChI=1S/C16H32N4/c1-4-6-7-8-9-10-11-15(18-17)13-16-12-14(3)19-20(16)5-2/h12,15,18H,4-11,13,17H2,1-3H3. The molecule has 1 heterocycles. The van der Waals surface area contributed by atoms with E-state index in [-0.39, 0.29) is 0 Å². The first-order chi connectivity index (χ1) is 9.71. The number of aromatic nitrogens is 2. The number of hydrogen-bond donors (Lipinski definition) is 2. The van der Waals surface area contributed by atoms with E-state index >= 15 is 0 Å². The number of nitrogens with one attached hydrogen (secondary N) is 1. The summed E-state index contributed by atoms with van der Waals surface area (Å²) in [6, 6.07) is 2.54. The summed E-state index contributed by atoms with van der Waals surface area (Å²) in [6.45, 7) is 7.37. The summed E-state index contributed by atoms with van der Waals surface area (Å²) >= 11 is 0. The Bertz CT molecular complexity index is 359. The number of hydrazine groups is 1. The summed E-state index contributed by atoms with van der Waals surface area (Å²) in [4.78, 5) is 0. The molecule has 1 unspecified atom stereocenters. The third kappa shape index (κ3) is 6.06. The molecule has 0 radical (unpaired) electrons. The van der Waals surface area contributed by atoms with Crippen LogP contribution in [-0.2, 0) is 13.0 Å². The van der Waals surface area contributed by atoms with Crippen molar-refractivity contribution in [3.05, 3.63) is 17.5 Å². The normalized spacial score (nSPS) is 12.8. The molecule has 0 amide bonds. The predicted octanol–water partition coefficient (Wildman–Crippen LogP) is 3.34. The van der Waals surface area contributed by atoms with Crippen LogP contribution in [0.5, 0.6) is 0 Å². The van der Waals surface area contributed by atoms with Crippen molar-refractivity contribution >= 4 is 0 Å². The summed E-state index contributed by atoms with van der Waals surface area (Å²) in [6.07, 6.45) is 10.1. The molecule has 1 rings (SSSR count). The Hall–Kier alpha value is -0.870. The predicted molar refractivity (Wildman–Crippen MR) is 85.4 cm³/mol. The summed E-state index contributed by atoms with van der Waals surface area (Å²) in [5, 5.41) is 4.49. The van der Waals surface area contributed by atoms with Crippen molar-refractivity contribution in [2.75, 3.05) is 0 Å². The Morgan fingerprint density at radius 3 is 2.55 bits per heavy atom. The van der Waals surface area contributed by atoms with Gasteiger partial charge in [0.05, 0.1) is 5.69 Å². The van der Waals surface area contributed by atoms with Crippen LogP contribution in [0.3, 0.4) is 0 Å². The monoisotopic (exact) mass is 280 g/mol. The van der Waals surface area contributed by atoms with Gasteiger partial charge in [0.2, 0.25) is 0 Å². The van der Waals surface area contributed by atoms with Crippen molar-refractivity contribution in [2.45, 2.75) is 84.7 Å². The zero-order valence-corrected chi connectivity index (χ0v) is 13.5. The van der Waals surface area contributed by atoms with Gasteiger partial charge in [0.15, 0.2) is 0 Å². The maximum atomic E-state index is 5.70. The lowest BCUT2D eigenvalue weighted by molar-refractivity contribution is 0.446. The van der Waals surface area contributed by atoms with Crippen LogP contribution in [0.15, 0.2) is 6.07 Å². The maximum absolute atomic E-state index is 5.70. The molecule has 0 spiro atoms. The van der Waals surface area contributed by atoms with Gasteiger partial charge in [-0.05, 0) is 26.3 Å². The van der Waals surface area contributed by atoms with Gasteiger partial charge in [0, 0.05) is 24.7 Å². The fourth-order valence-electron chi connectivity index (χ4n) is 2.71. The SMILES string of the molecule is CCCCCCCCC(Cc1cc(C)nn1CC)NN. The highest BCUT2D eigenvalue weighted by molar-refractivity contribution is 5.10. The molecule has 3 N–H and O–H groups in total. The molecular formula is C16H32N4. The van der Waals surface area contributed by atoms with E-state index in [4.69, 9.17) is 5.84 Å². The van der Waals surface area contributed by atoms with E-state index in [9.17, 15) is 0 Å². The Morgan fingerprint density at radius 1 is 1.20 bits per heavy atom. The van der Waals surface area contributed by atoms with Gasteiger partial charge in [-0.2, -0.15) is 5.10 Å². The average Bonchev–Trinajstić information content (AvgIpc) is 2.81. The van der Waals surface area contributed by atoms with Gasteiger partial charge in [-0.15, -0.1) is 0 Å². The van der Waals surface area contributed by atoms with Gasteiger partial charge in [-0.3, -0.25) is 16.0 Å². The van der Waals surface area contributed by atoms with E-state index in [1.54, 1.807) is 0 Å². The number of aryl methyl sites for hydroxylation is 2. The Morgan fingerprint density at radius 2 is 1.90 bits per heavy atom. The van der Waals surface area contributed by atoms with Gasteiger partial charge in [0.1, 0.15) is 0 Å². The van der Waals surface area contributed by atoms with Crippen molar-refractivity contribution in [3.63, 3.8) is 0 Å². The third-order valence-electron chi connectivity index (χ3n) is 3.88. The molecule has 0 aliphatic heterocycles. The van der Waals surface area contributed by atoms with E-state index in [0.29, 0.717) is 6.04 Å². The van der Waals surface area contributed by atoms with E-state index in [2.05, 4.69) is 35.1 Å². The van der Waals surface area contributed by atoms with Crippen molar-refractivity contribution < 1.29 is 0 Å². The minimum Gasteiger partial charge on any atom is -0.271 e. The molecule has 0 aliphatic carbocycles. The minimum atomic E-state index is 0.363. The van der Waals surface area contributed by atoms with Crippen molar-refractivity contribution in [2.24, 2.45) is 5.84 Å². The number of nitrogens with zero attached hydrogens (tertiary/aromatic N) is 2. The van der Waals surface area contributed by atoms with Crippen LogP contribution in [0, 0.1) is 6.92 Å². The maximum Gasteiger partial charge on any atom is 0.0596 e. The molecule has 0 aromatic carbocycles. The fraction of sp³-hybridized carbons (Fsp3) is 0.812. The van der Waals surface area contributed by atoms with Crippen LogP contribution >= 0.6 is 0 Å². The van der Waals surface area contributed by atoms with Crippen LogP contribution in [-0.4, -0.2) is 15.8 Å². The summed E-state index contributed by atoms with van der Waals surface area (Å²) < 4.78 is 2.08. The molecule has 1 aromatic rings. The summed E-state index contributed by atoms with van der Waals surface area (Å²) in [7, 11) is 0. The van der Waals surface area contributed by atoms with Gasteiger partial charge < -0.3 is 0 Å². The zero-order valence-electron chi connectivity index (χ0n) is 13.5. The molecule has 116 valence electrons. The average molecular weight is 280 g/mol. The lowest BCUT2D eigenvalue weighted by Crippen LogP contribution is -2.37. The number of unbranched alkanes of at least 4 members (excludes halogenated alkanes) is 5.